The minimum absolute atomic E-state index is 0.0690. The summed E-state index contributed by atoms with van der Waals surface area (Å²) >= 11 is 0. The van der Waals surface area contributed by atoms with E-state index in [0.717, 1.165) is 6.29 Å². The van der Waals surface area contributed by atoms with Crippen molar-refractivity contribution in [3.63, 3.8) is 0 Å². The van der Waals surface area contributed by atoms with Crippen LogP contribution in [0.1, 0.15) is 23.1 Å². The van der Waals surface area contributed by atoms with Crippen LogP contribution < -0.4 is 15.0 Å². The van der Waals surface area contributed by atoms with Gasteiger partial charge in [0.1, 0.15) is 23.6 Å². The molecule has 1 aliphatic rings. The lowest BCUT2D eigenvalue weighted by Crippen LogP contribution is -2.50. The quantitative estimate of drug-likeness (QED) is 0.309. The monoisotopic (exact) mass is 526 g/mol. The minimum Gasteiger partial charge on any atom is -0.492 e. The molecule has 1 aromatic heterocycles. The lowest BCUT2D eigenvalue weighted by molar-refractivity contribution is -0.135. The van der Waals surface area contributed by atoms with E-state index in [1.165, 1.54) is 0 Å². The molecule has 2 heterocycles. The third kappa shape index (κ3) is 5.83. The maximum Gasteiger partial charge on any atom is 0.266 e. The molecule has 0 saturated carbocycles. The standard InChI is InChI=1S/C30H30N4O5/c1-2-38-27-10-6-5-9-26(27)34-28(31-25-8-4-3-7-24(25)30(34)37)19-32-15-17-33(18-16-32)29(36)21-39-23-13-11-22(20-35)12-14-23/h3-14,20H,2,15-19,21H2,1H3. The summed E-state index contributed by atoms with van der Waals surface area (Å²) in [6.45, 7) is 5.12. The number of nitrogens with zero attached hydrogens (tertiary/aromatic N) is 4. The fourth-order valence-corrected chi connectivity index (χ4v) is 4.69. The lowest BCUT2D eigenvalue weighted by Gasteiger charge is -2.34. The van der Waals surface area contributed by atoms with Crippen LogP contribution in [-0.2, 0) is 11.3 Å². The molecule has 0 bridgehead atoms. The van der Waals surface area contributed by atoms with Gasteiger partial charge in [-0.05, 0) is 55.5 Å². The maximum absolute atomic E-state index is 13.7. The Morgan fingerprint density at radius 1 is 0.923 bits per heavy atom. The van der Waals surface area contributed by atoms with E-state index in [1.54, 1.807) is 39.8 Å². The number of aromatic nitrogens is 2. The molecule has 200 valence electrons. The molecule has 0 radical (unpaired) electrons. The summed E-state index contributed by atoms with van der Waals surface area (Å²) in [4.78, 5) is 46.1. The molecule has 0 unspecified atom stereocenters. The number of carbonyl (C=O) groups is 2. The van der Waals surface area contributed by atoms with E-state index in [1.807, 2.05) is 49.4 Å². The highest BCUT2D eigenvalue weighted by Crippen LogP contribution is 2.24. The Labute approximate surface area is 226 Å². The van der Waals surface area contributed by atoms with Crippen LogP contribution in [0.15, 0.2) is 77.6 Å². The molecule has 0 atom stereocenters. The second-order valence-corrected chi connectivity index (χ2v) is 9.22. The average Bonchev–Trinajstić information content (AvgIpc) is 2.97. The summed E-state index contributed by atoms with van der Waals surface area (Å²) in [6, 6.07) is 21.5. The first-order chi connectivity index (χ1) is 19.1. The number of benzene rings is 3. The molecule has 5 rings (SSSR count). The van der Waals surface area contributed by atoms with E-state index >= 15 is 0 Å². The van der Waals surface area contributed by atoms with Gasteiger partial charge >= 0.3 is 0 Å². The number of carbonyl (C=O) groups excluding carboxylic acids is 2. The van der Waals surface area contributed by atoms with Crippen molar-refractivity contribution >= 4 is 23.1 Å². The Bertz CT molecular complexity index is 1520. The first-order valence-corrected chi connectivity index (χ1v) is 13.0. The van der Waals surface area contributed by atoms with Crippen LogP contribution in [0.25, 0.3) is 16.6 Å². The van der Waals surface area contributed by atoms with Crippen molar-refractivity contribution in [1.29, 1.82) is 0 Å². The van der Waals surface area contributed by atoms with Gasteiger partial charge in [-0.2, -0.15) is 0 Å². The number of piperazine rings is 1. The van der Waals surface area contributed by atoms with Gasteiger partial charge in [0.2, 0.25) is 0 Å². The smallest absolute Gasteiger partial charge is 0.266 e. The van der Waals surface area contributed by atoms with Gasteiger partial charge in [0.15, 0.2) is 6.61 Å². The Kier molecular flexibility index (Phi) is 7.98. The third-order valence-corrected chi connectivity index (χ3v) is 6.72. The van der Waals surface area contributed by atoms with Crippen LogP contribution in [0.2, 0.25) is 0 Å². The van der Waals surface area contributed by atoms with Crippen LogP contribution >= 0.6 is 0 Å². The molecule has 1 saturated heterocycles. The zero-order valence-electron chi connectivity index (χ0n) is 21.8. The normalized spacial score (nSPS) is 13.8. The Morgan fingerprint density at radius 2 is 1.64 bits per heavy atom. The van der Waals surface area contributed by atoms with Crippen LogP contribution in [0.3, 0.4) is 0 Å². The maximum atomic E-state index is 13.7. The number of para-hydroxylation sites is 3. The highest BCUT2D eigenvalue weighted by molar-refractivity contribution is 5.79. The molecule has 0 aliphatic carbocycles. The largest absolute Gasteiger partial charge is 0.492 e. The zero-order valence-corrected chi connectivity index (χ0v) is 21.8. The highest BCUT2D eigenvalue weighted by Gasteiger charge is 2.24. The van der Waals surface area contributed by atoms with Crippen molar-refractivity contribution in [2.45, 2.75) is 13.5 Å². The Balaban J connectivity index is 1.31. The third-order valence-electron chi connectivity index (χ3n) is 6.72. The summed E-state index contributed by atoms with van der Waals surface area (Å²) in [5.74, 6) is 1.69. The van der Waals surface area contributed by atoms with Gasteiger partial charge in [0.25, 0.3) is 11.5 Å². The van der Waals surface area contributed by atoms with E-state index in [9.17, 15) is 14.4 Å². The topological polar surface area (TPSA) is 94.0 Å². The second kappa shape index (κ2) is 11.9. The van der Waals surface area contributed by atoms with Gasteiger partial charge in [-0.25, -0.2) is 4.98 Å². The zero-order chi connectivity index (χ0) is 27.2. The molecule has 0 spiro atoms. The van der Waals surface area contributed by atoms with E-state index in [2.05, 4.69) is 4.90 Å². The summed E-state index contributed by atoms with van der Waals surface area (Å²) in [5, 5.41) is 0.545. The molecule has 1 fully saturated rings. The summed E-state index contributed by atoms with van der Waals surface area (Å²) in [7, 11) is 0. The van der Waals surface area contributed by atoms with Crippen molar-refractivity contribution in [3.8, 4) is 17.2 Å². The first-order valence-electron chi connectivity index (χ1n) is 13.0. The summed E-state index contributed by atoms with van der Waals surface area (Å²) in [5.41, 5.74) is 1.71. The highest BCUT2D eigenvalue weighted by atomic mass is 16.5. The molecule has 0 N–H and O–H groups in total. The molecular weight excluding hydrogens is 496 g/mol. The number of hydrogen-bond donors (Lipinski definition) is 0. The SMILES string of the molecule is CCOc1ccccc1-n1c(CN2CCN(C(=O)COc3ccc(C=O)cc3)CC2)nc2ccccc2c1=O. The molecule has 1 amide bonds. The van der Waals surface area contributed by atoms with Crippen molar-refractivity contribution in [2.24, 2.45) is 0 Å². The number of aldehydes is 1. The van der Waals surface area contributed by atoms with Crippen LogP contribution in [-0.4, -0.2) is 70.9 Å². The summed E-state index contributed by atoms with van der Waals surface area (Å²) < 4.78 is 13.1. The van der Waals surface area contributed by atoms with Gasteiger partial charge < -0.3 is 14.4 Å². The molecule has 1 aliphatic heterocycles. The fraction of sp³-hybridized carbons (Fsp3) is 0.267. The molecule has 9 nitrogen and oxygen atoms in total. The van der Waals surface area contributed by atoms with E-state index in [4.69, 9.17) is 14.5 Å². The van der Waals surface area contributed by atoms with Gasteiger partial charge in [0, 0.05) is 31.7 Å². The molecule has 3 aromatic carbocycles. The van der Waals surface area contributed by atoms with E-state index in [-0.39, 0.29) is 18.1 Å². The van der Waals surface area contributed by atoms with Crippen molar-refractivity contribution < 1.29 is 19.1 Å². The van der Waals surface area contributed by atoms with E-state index < -0.39 is 0 Å². The fourth-order valence-electron chi connectivity index (χ4n) is 4.69. The van der Waals surface area contributed by atoms with Gasteiger partial charge in [-0.15, -0.1) is 0 Å². The van der Waals surface area contributed by atoms with Gasteiger partial charge in [-0.1, -0.05) is 24.3 Å². The minimum atomic E-state index is -0.144. The number of ether oxygens (including phenoxy) is 2. The number of rotatable bonds is 9. The van der Waals surface area contributed by atoms with Crippen LogP contribution in [0.4, 0.5) is 0 Å². The molecular formula is C30H30N4O5. The predicted octanol–water partition coefficient (Wildman–Crippen LogP) is 3.32. The molecule has 4 aromatic rings. The van der Waals surface area contributed by atoms with Crippen molar-refractivity contribution in [2.75, 3.05) is 39.4 Å². The van der Waals surface area contributed by atoms with Crippen LogP contribution in [0.5, 0.6) is 11.5 Å². The van der Waals surface area contributed by atoms with E-state index in [0.29, 0.717) is 78.8 Å². The molecule has 39 heavy (non-hydrogen) atoms. The first kappa shape index (κ1) is 26.1. The Hall–Kier alpha value is -4.50. The lowest BCUT2D eigenvalue weighted by atomic mass is 10.2. The predicted molar refractivity (Wildman–Crippen MR) is 148 cm³/mol. The Morgan fingerprint density at radius 3 is 2.38 bits per heavy atom. The number of amides is 1. The van der Waals surface area contributed by atoms with Crippen LogP contribution in [0, 0.1) is 0 Å². The summed E-state index contributed by atoms with van der Waals surface area (Å²) in [6.07, 6.45) is 0.763. The van der Waals surface area contributed by atoms with Gasteiger partial charge in [0.05, 0.1) is 29.7 Å². The van der Waals surface area contributed by atoms with Gasteiger partial charge in [-0.3, -0.25) is 23.9 Å². The van der Waals surface area contributed by atoms with Crippen molar-refractivity contribution in [3.05, 3.63) is 94.5 Å². The number of fused-ring (bicyclic) bond motifs is 1. The average molecular weight is 527 g/mol. The molecule has 9 heteroatoms. The second-order valence-electron chi connectivity index (χ2n) is 9.22. The van der Waals surface area contributed by atoms with Crippen molar-refractivity contribution in [1.82, 2.24) is 19.4 Å². The number of hydrogen-bond acceptors (Lipinski definition) is 7.